The highest BCUT2D eigenvalue weighted by Gasteiger charge is 2.22. The molecule has 3 aromatic carbocycles. The second kappa shape index (κ2) is 8.52. The minimum absolute atomic E-state index is 0.235. The molecule has 7 nitrogen and oxygen atoms in total. The van der Waals surface area contributed by atoms with E-state index < -0.39 is 11.9 Å². The molecule has 35 heavy (non-hydrogen) atoms. The van der Waals surface area contributed by atoms with Crippen LogP contribution < -0.4 is 5.69 Å². The molecule has 2 heterocycles. The van der Waals surface area contributed by atoms with Crippen LogP contribution in [0.4, 0.5) is 0 Å². The SMILES string of the molecule is Cc1ccc(C(=O)C(O)c2ccccc2)cc1-c1cc(-c2c(C)noc2C)cc2[nH]c(=O)n(C)c12. The van der Waals surface area contributed by atoms with E-state index in [1.54, 1.807) is 48.0 Å². The maximum absolute atomic E-state index is 13.2. The van der Waals surface area contributed by atoms with E-state index in [1.165, 1.54) is 0 Å². The Morgan fingerprint density at radius 2 is 1.77 bits per heavy atom. The van der Waals surface area contributed by atoms with Gasteiger partial charge >= 0.3 is 5.69 Å². The molecule has 0 aliphatic heterocycles. The normalized spacial score (nSPS) is 12.3. The number of imidazole rings is 1. The predicted molar refractivity (Wildman–Crippen MR) is 134 cm³/mol. The number of aromatic amines is 1. The van der Waals surface area contributed by atoms with Crippen LogP contribution in [0, 0.1) is 20.8 Å². The third-order valence-electron chi connectivity index (χ3n) is 6.49. The average molecular weight is 468 g/mol. The Kier molecular flexibility index (Phi) is 5.49. The Morgan fingerprint density at radius 3 is 2.46 bits per heavy atom. The van der Waals surface area contributed by atoms with Gasteiger partial charge < -0.3 is 14.6 Å². The van der Waals surface area contributed by atoms with Crippen molar-refractivity contribution in [3.63, 3.8) is 0 Å². The molecule has 1 atom stereocenters. The van der Waals surface area contributed by atoms with Gasteiger partial charge in [0.2, 0.25) is 0 Å². The molecule has 1 unspecified atom stereocenters. The smallest absolute Gasteiger partial charge is 0.326 e. The van der Waals surface area contributed by atoms with Gasteiger partial charge in [0.15, 0.2) is 5.78 Å². The number of hydrogen-bond acceptors (Lipinski definition) is 5. The zero-order valence-corrected chi connectivity index (χ0v) is 19.9. The molecule has 0 saturated heterocycles. The lowest BCUT2D eigenvalue weighted by atomic mass is 9.91. The van der Waals surface area contributed by atoms with Crippen LogP contribution in [0.25, 0.3) is 33.3 Å². The third kappa shape index (κ3) is 3.80. The highest BCUT2D eigenvalue weighted by Crippen LogP contribution is 2.37. The van der Waals surface area contributed by atoms with E-state index in [0.29, 0.717) is 22.4 Å². The van der Waals surface area contributed by atoms with Crippen molar-refractivity contribution in [3.8, 4) is 22.3 Å². The minimum Gasteiger partial charge on any atom is -0.380 e. The first-order valence-corrected chi connectivity index (χ1v) is 11.3. The van der Waals surface area contributed by atoms with Crippen LogP contribution >= 0.6 is 0 Å². The van der Waals surface area contributed by atoms with Crippen molar-refractivity contribution >= 4 is 16.8 Å². The lowest BCUT2D eigenvalue weighted by Crippen LogP contribution is -2.13. The van der Waals surface area contributed by atoms with Gasteiger partial charge in [-0.15, -0.1) is 0 Å². The largest absolute Gasteiger partial charge is 0.380 e. The highest BCUT2D eigenvalue weighted by atomic mass is 16.5. The molecule has 5 rings (SSSR count). The van der Waals surface area contributed by atoms with Crippen LogP contribution in [-0.4, -0.2) is 25.6 Å². The van der Waals surface area contributed by atoms with Gasteiger partial charge in [0.25, 0.3) is 0 Å². The van der Waals surface area contributed by atoms with Crippen LogP contribution in [0.1, 0.15) is 39.0 Å². The third-order valence-corrected chi connectivity index (χ3v) is 6.49. The Hall–Kier alpha value is -4.23. The predicted octanol–water partition coefficient (Wildman–Crippen LogP) is 5.03. The molecule has 2 N–H and O–H groups in total. The van der Waals surface area contributed by atoms with Crippen LogP contribution in [-0.2, 0) is 7.05 Å². The molecule has 0 radical (unpaired) electrons. The van der Waals surface area contributed by atoms with Crippen molar-refractivity contribution in [2.45, 2.75) is 26.9 Å². The Labute approximate surface area is 201 Å². The maximum Gasteiger partial charge on any atom is 0.326 e. The Morgan fingerprint density at radius 1 is 1.03 bits per heavy atom. The van der Waals surface area contributed by atoms with Gasteiger partial charge in [-0.25, -0.2) is 4.79 Å². The van der Waals surface area contributed by atoms with E-state index >= 15 is 0 Å². The molecule has 5 aromatic rings. The molecule has 0 bridgehead atoms. The number of Topliss-reactive ketones (excluding diaryl/α,β-unsaturated/α-hetero) is 1. The molecule has 7 heteroatoms. The number of H-pyrrole nitrogens is 1. The molecule has 0 amide bonds. The number of nitrogens with zero attached hydrogens (tertiary/aromatic N) is 2. The summed E-state index contributed by atoms with van der Waals surface area (Å²) < 4.78 is 6.94. The van der Waals surface area contributed by atoms with E-state index in [2.05, 4.69) is 10.1 Å². The number of carbonyl (C=O) groups is 1. The number of aliphatic hydroxyl groups is 1. The second-order valence-electron chi connectivity index (χ2n) is 8.82. The quantitative estimate of drug-likeness (QED) is 0.353. The molecule has 2 aromatic heterocycles. The maximum atomic E-state index is 13.2. The van der Waals surface area contributed by atoms with E-state index in [-0.39, 0.29) is 5.69 Å². The van der Waals surface area contributed by atoms with E-state index in [0.717, 1.165) is 39.0 Å². The summed E-state index contributed by atoms with van der Waals surface area (Å²) in [5, 5.41) is 14.8. The van der Waals surface area contributed by atoms with Crippen molar-refractivity contribution in [3.05, 3.63) is 99.3 Å². The Bertz CT molecular complexity index is 1620. The molecule has 0 spiro atoms. The summed E-state index contributed by atoms with van der Waals surface area (Å²) in [7, 11) is 1.71. The van der Waals surface area contributed by atoms with Gasteiger partial charge in [-0.05, 0) is 61.2 Å². The lowest BCUT2D eigenvalue weighted by molar-refractivity contribution is 0.0747. The molecule has 0 aliphatic rings. The van der Waals surface area contributed by atoms with E-state index in [9.17, 15) is 14.7 Å². The first-order valence-electron chi connectivity index (χ1n) is 11.3. The van der Waals surface area contributed by atoms with Crippen molar-refractivity contribution < 1.29 is 14.4 Å². The zero-order valence-electron chi connectivity index (χ0n) is 19.9. The summed E-state index contributed by atoms with van der Waals surface area (Å²) in [6.45, 7) is 5.68. The van der Waals surface area contributed by atoms with Crippen molar-refractivity contribution in [2.75, 3.05) is 0 Å². The van der Waals surface area contributed by atoms with Gasteiger partial charge in [-0.3, -0.25) is 9.36 Å². The number of ketones is 1. The molecular weight excluding hydrogens is 442 g/mol. The second-order valence-corrected chi connectivity index (χ2v) is 8.82. The monoisotopic (exact) mass is 467 g/mol. The zero-order chi connectivity index (χ0) is 24.9. The highest BCUT2D eigenvalue weighted by molar-refractivity contribution is 6.03. The van der Waals surface area contributed by atoms with E-state index in [4.69, 9.17) is 4.52 Å². The Balaban J connectivity index is 1.72. The summed E-state index contributed by atoms with van der Waals surface area (Å²) in [4.78, 5) is 28.7. The number of nitrogens with one attached hydrogen (secondary N) is 1. The van der Waals surface area contributed by atoms with E-state index in [1.807, 2.05) is 45.0 Å². The summed E-state index contributed by atoms with van der Waals surface area (Å²) in [6.07, 6.45) is -1.27. The first kappa shape index (κ1) is 22.6. The van der Waals surface area contributed by atoms with Crippen LogP contribution in [0.2, 0.25) is 0 Å². The van der Waals surface area contributed by atoms with Gasteiger partial charge in [0.05, 0.1) is 16.7 Å². The van der Waals surface area contributed by atoms with Crippen molar-refractivity contribution in [1.82, 2.24) is 14.7 Å². The molecule has 0 fully saturated rings. The summed E-state index contributed by atoms with van der Waals surface area (Å²) in [5.74, 6) is 0.288. The summed E-state index contributed by atoms with van der Waals surface area (Å²) >= 11 is 0. The fourth-order valence-corrected chi connectivity index (χ4v) is 4.65. The summed E-state index contributed by atoms with van der Waals surface area (Å²) in [5.41, 5.74) is 7.07. The fourth-order valence-electron chi connectivity index (χ4n) is 4.65. The number of carbonyl (C=O) groups excluding carboxylic acids is 1. The summed E-state index contributed by atoms with van der Waals surface area (Å²) in [6, 6.07) is 18.1. The van der Waals surface area contributed by atoms with Crippen LogP contribution in [0.15, 0.2) is 70.0 Å². The lowest BCUT2D eigenvalue weighted by Gasteiger charge is -2.15. The topological polar surface area (TPSA) is 101 Å². The van der Waals surface area contributed by atoms with Gasteiger partial charge in [0, 0.05) is 23.7 Å². The fraction of sp³-hybridized carbons (Fsp3) is 0.179. The molecule has 176 valence electrons. The average Bonchev–Trinajstić information content (AvgIpc) is 3.35. The number of rotatable bonds is 5. The van der Waals surface area contributed by atoms with Crippen LogP contribution in [0.3, 0.4) is 0 Å². The van der Waals surface area contributed by atoms with Gasteiger partial charge in [-0.1, -0.05) is 47.6 Å². The number of aromatic nitrogens is 3. The van der Waals surface area contributed by atoms with Crippen molar-refractivity contribution in [1.29, 1.82) is 0 Å². The number of hydrogen-bond donors (Lipinski definition) is 2. The van der Waals surface area contributed by atoms with Crippen LogP contribution in [0.5, 0.6) is 0 Å². The van der Waals surface area contributed by atoms with Gasteiger partial charge in [0.1, 0.15) is 11.9 Å². The molecule has 0 saturated carbocycles. The number of fused-ring (bicyclic) bond motifs is 1. The number of aryl methyl sites for hydroxylation is 4. The number of benzene rings is 3. The van der Waals surface area contributed by atoms with Crippen molar-refractivity contribution in [2.24, 2.45) is 7.05 Å². The number of aliphatic hydroxyl groups excluding tert-OH is 1. The first-order chi connectivity index (χ1) is 16.8. The van der Waals surface area contributed by atoms with Gasteiger partial charge in [-0.2, -0.15) is 0 Å². The standard InChI is InChI=1S/C28H25N3O4/c1-15-10-11-19(27(33)26(32)18-8-6-5-7-9-18)12-21(15)22-13-20(24-16(2)30-35-17(24)3)14-23-25(22)31(4)28(34)29-23/h5-14,26,32H,1-4H3,(H,29,34). The molecular formula is C28H25N3O4. The molecule has 0 aliphatic carbocycles. The minimum atomic E-state index is -1.27.